The summed E-state index contributed by atoms with van der Waals surface area (Å²) >= 11 is 0. The number of ether oxygens (including phenoxy) is 1. The zero-order valence-electron chi connectivity index (χ0n) is 10.7. The van der Waals surface area contributed by atoms with E-state index in [1.165, 1.54) is 19.2 Å². The van der Waals surface area contributed by atoms with Crippen molar-refractivity contribution in [2.45, 2.75) is 0 Å². The van der Waals surface area contributed by atoms with Crippen molar-refractivity contribution in [3.8, 4) is 6.07 Å². The van der Waals surface area contributed by atoms with Crippen LogP contribution in [0, 0.1) is 17.1 Å². The molecule has 0 fully saturated rings. The number of rotatable bonds is 3. The number of benzene rings is 2. The van der Waals surface area contributed by atoms with Crippen molar-refractivity contribution in [2.75, 3.05) is 12.4 Å². The molecule has 0 heterocycles. The van der Waals surface area contributed by atoms with Gasteiger partial charge in [-0.25, -0.2) is 9.18 Å². The quantitative estimate of drug-likeness (QED) is 0.870. The molecule has 0 amide bonds. The number of nitrogens with one attached hydrogen (secondary N) is 1. The van der Waals surface area contributed by atoms with Crippen molar-refractivity contribution in [3.63, 3.8) is 0 Å². The molecule has 0 unspecified atom stereocenters. The molecule has 0 aromatic heterocycles. The number of carbonyl (C=O) groups is 1. The number of methoxy groups -OCH3 is 1. The molecule has 0 aliphatic heterocycles. The first-order valence-corrected chi connectivity index (χ1v) is 5.80. The van der Waals surface area contributed by atoms with Gasteiger partial charge in [0.25, 0.3) is 0 Å². The lowest BCUT2D eigenvalue weighted by molar-refractivity contribution is 0.0602. The molecule has 0 aliphatic carbocycles. The summed E-state index contributed by atoms with van der Waals surface area (Å²) in [5, 5.41) is 11.9. The lowest BCUT2D eigenvalue weighted by Gasteiger charge is -2.12. The summed E-state index contributed by atoms with van der Waals surface area (Å²) in [4.78, 5) is 11.6. The van der Waals surface area contributed by atoms with Crippen LogP contribution < -0.4 is 5.32 Å². The van der Waals surface area contributed by atoms with Gasteiger partial charge in [-0.1, -0.05) is 18.2 Å². The van der Waals surface area contributed by atoms with Gasteiger partial charge in [0.2, 0.25) is 0 Å². The van der Waals surface area contributed by atoms with Gasteiger partial charge >= 0.3 is 5.97 Å². The first kappa shape index (κ1) is 13.6. The Kier molecular flexibility index (Phi) is 3.96. The molecule has 5 heteroatoms. The molecule has 2 rings (SSSR count). The highest BCUT2D eigenvalue weighted by Crippen LogP contribution is 2.25. The Bertz CT molecular complexity index is 693. The van der Waals surface area contributed by atoms with Gasteiger partial charge in [-0.3, -0.25) is 0 Å². The first-order valence-electron chi connectivity index (χ1n) is 5.80. The fraction of sp³-hybridized carbons (Fsp3) is 0.0667. The zero-order valence-corrected chi connectivity index (χ0v) is 10.7. The lowest BCUT2D eigenvalue weighted by atomic mass is 10.1. The molecule has 0 aliphatic rings. The summed E-state index contributed by atoms with van der Waals surface area (Å²) in [6.07, 6.45) is 0. The molecule has 20 heavy (non-hydrogen) atoms. The smallest absolute Gasteiger partial charge is 0.339 e. The molecule has 4 nitrogen and oxygen atoms in total. The van der Waals surface area contributed by atoms with Crippen molar-refractivity contribution in [2.24, 2.45) is 0 Å². The number of hydrogen-bond donors (Lipinski definition) is 1. The Hall–Kier alpha value is -2.87. The van der Waals surface area contributed by atoms with Crippen molar-refractivity contribution < 1.29 is 13.9 Å². The Morgan fingerprint density at radius 3 is 2.60 bits per heavy atom. The fourth-order valence-electron chi connectivity index (χ4n) is 1.77. The van der Waals surface area contributed by atoms with Crippen LogP contribution in [-0.4, -0.2) is 13.1 Å². The van der Waals surface area contributed by atoms with Gasteiger partial charge in [0, 0.05) is 0 Å². The van der Waals surface area contributed by atoms with Crippen LogP contribution in [0.5, 0.6) is 0 Å². The van der Waals surface area contributed by atoms with E-state index >= 15 is 0 Å². The Morgan fingerprint density at radius 2 is 1.90 bits per heavy atom. The number of esters is 1. The summed E-state index contributed by atoms with van der Waals surface area (Å²) in [7, 11) is 1.28. The van der Waals surface area contributed by atoms with Crippen LogP contribution in [0.2, 0.25) is 0 Å². The van der Waals surface area contributed by atoms with Crippen molar-refractivity contribution in [1.29, 1.82) is 5.26 Å². The molecule has 2 aromatic rings. The third kappa shape index (κ3) is 2.59. The minimum atomic E-state index is -0.618. The van der Waals surface area contributed by atoms with E-state index in [-0.39, 0.29) is 5.56 Å². The Morgan fingerprint density at radius 1 is 1.20 bits per heavy atom. The highest BCUT2D eigenvalue weighted by molar-refractivity contribution is 5.96. The van der Waals surface area contributed by atoms with E-state index in [4.69, 9.17) is 5.26 Å². The highest BCUT2D eigenvalue weighted by atomic mass is 19.1. The van der Waals surface area contributed by atoms with E-state index in [0.29, 0.717) is 16.9 Å². The van der Waals surface area contributed by atoms with Crippen LogP contribution in [0.25, 0.3) is 0 Å². The number of hydrogen-bond acceptors (Lipinski definition) is 4. The molecule has 0 saturated heterocycles. The molecular weight excluding hydrogens is 259 g/mol. The summed E-state index contributed by atoms with van der Waals surface area (Å²) in [5.74, 6) is -1.13. The first-order chi connectivity index (χ1) is 9.67. The molecule has 0 spiro atoms. The largest absolute Gasteiger partial charge is 0.465 e. The topological polar surface area (TPSA) is 62.1 Å². The van der Waals surface area contributed by atoms with E-state index in [2.05, 4.69) is 10.1 Å². The minimum absolute atomic E-state index is 0.104. The van der Waals surface area contributed by atoms with Crippen molar-refractivity contribution in [3.05, 3.63) is 59.4 Å². The van der Waals surface area contributed by atoms with Gasteiger partial charge < -0.3 is 10.1 Å². The van der Waals surface area contributed by atoms with Gasteiger partial charge in [0.15, 0.2) is 0 Å². The molecule has 0 saturated carbocycles. The summed E-state index contributed by atoms with van der Waals surface area (Å²) in [5.41, 5.74) is 0.945. The van der Waals surface area contributed by atoms with Gasteiger partial charge in [0.05, 0.1) is 24.0 Å². The maximum absolute atomic E-state index is 13.5. The molecule has 2 aromatic carbocycles. The van der Waals surface area contributed by atoms with Gasteiger partial charge in [0.1, 0.15) is 17.4 Å². The van der Waals surface area contributed by atoms with Crippen LogP contribution in [0.3, 0.4) is 0 Å². The number of anilines is 2. The monoisotopic (exact) mass is 270 g/mol. The predicted octanol–water partition coefficient (Wildman–Crippen LogP) is 3.23. The lowest BCUT2D eigenvalue weighted by Crippen LogP contribution is -2.06. The van der Waals surface area contributed by atoms with Crippen LogP contribution in [0.1, 0.15) is 15.9 Å². The van der Waals surface area contributed by atoms with E-state index in [1.54, 1.807) is 36.4 Å². The van der Waals surface area contributed by atoms with E-state index in [1.807, 2.05) is 0 Å². The van der Waals surface area contributed by atoms with Crippen LogP contribution >= 0.6 is 0 Å². The molecule has 0 atom stereocenters. The van der Waals surface area contributed by atoms with Gasteiger partial charge in [-0.05, 0) is 24.3 Å². The third-order valence-corrected chi connectivity index (χ3v) is 2.73. The molecule has 0 bridgehead atoms. The average molecular weight is 270 g/mol. The summed E-state index contributed by atoms with van der Waals surface area (Å²) < 4.78 is 18.2. The number of halogens is 1. The van der Waals surface area contributed by atoms with E-state index in [0.717, 1.165) is 0 Å². The number of nitrogens with zero attached hydrogens (tertiary/aromatic N) is 1. The van der Waals surface area contributed by atoms with Crippen LogP contribution in [-0.2, 0) is 4.74 Å². The maximum Gasteiger partial charge on any atom is 0.339 e. The van der Waals surface area contributed by atoms with Crippen molar-refractivity contribution in [1.82, 2.24) is 0 Å². The highest BCUT2D eigenvalue weighted by Gasteiger charge is 2.13. The fourth-order valence-corrected chi connectivity index (χ4v) is 1.77. The van der Waals surface area contributed by atoms with E-state index < -0.39 is 11.8 Å². The molecule has 1 N–H and O–H groups in total. The van der Waals surface area contributed by atoms with Crippen LogP contribution in [0.4, 0.5) is 15.8 Å². The van der Waals surface area contributed by atoms with E-state index in [9.17, 15) is 9.18 Å². The van der Waals surface area contributed by atoms with Gasteiger partial charge in [-0.15, -0.1) is 0 Å². The third-order valence-electron chi connectivity index (χ3n) is 2.73. The van der Waals surface area contributed by atoms with Crippen molar-refractivity contribution >= 4 is 17.3 Å². The summed E-state index contributed by atoms with van der Waals surface area (Å²) in [6, 6.07) is 12.7. The minimum Gasteiger partial charge on any atom is -0.465 e. The molecular formula is C15H11FN2O2. The maximum atomic E-state index is 13.5. The molecule has 100 valence electrons. The standard InChI is InChI=1S/C15H11FN2O2/c1-20-15(19)10-5-2-3-7-13(10)18-14-8-4-6-12(16)11(14)9-17/h2-8,18H,1H3. The zero-order chi connectivity index (χ0) is 14.5. The number of nitriles is 1. The summed E-state index contributed by atoms with van der Waals surface area (Å²) in [6.45, 7) is 0. The van der Waals surface area contributed by atoms with Gasteiger partial charge in [-0.2, -0.15) is 5.26 Å². The Balaban J connectivity index is 2.44. The normalized spacial score (nSPS) is 9.65. The Labute approximate surface area is 115 Å². The number of para-hydroxylation sites is 1. The second kappa shape index (κ2) is 5.85. The van der Waals surface area contributed by atoms with Crippen LogP contribution in [0.15, 0.2) is 42.5 Å². The average Bonchev–Trinajstić information content (AvgIpc) is 2.47. The number of carbonyl (C=O) groups excluding carboxylic acids is 1. The molecule has 0 radical (unpaired) electrons. The predicted molar refractivity (Wildman–Crippen MR) is 72.2 cm³/mol. The second-order valence-electron chi connectivity index (χ2n) is 3.94. The SMILES string of the molecule is COC(=O)c1ccccc1Nc1cccc(F)c1C#N. The second-order valence-corrected chi connectivity index (χ2v) is 3.94.